The molecular weight excluding hydrogens is 286 g/mol. The van der Waals surface area contributed by atoms with Gasteiger partial charge in [0, 0.05) is 25.2 Å². The maximum atomic E-state index is 12.9. The van der Waals surface area contributed by atoms with Crippen molar-refractivity contribution in [2.45, 2.75) is 43.2 Å². The molecule has 21 heavy (non-hydrogen) atoms. The predicted octanol–water partition coefficient (Wildman–Crippen LogP) is 1.34. The van der Waals surface area contributed by atoms with Gasteiger partial charge in [0.2, 0.25) is 10.0 Å². The lowest BCUT2D eigenvalue weighted by Gasteiger charge is -2.39. The van der Waals surface area contributed by atoms with Gasteiger partial charge in [0.15, 0.2) is 0 Å². The smallest absolute Gasteiger partial charge is 0.243 e. The summed E-state index contributed by atoms with van der Waals surface area (Å²) in [7, 11) is -3.41. The van der Waals surface area contributed by atoms with Gasteiger partial charge < -0.3 is 0 Å². The second kappa shape index (κ2) is 6.04. The number of piperidine rings is 1. The Morgan fingerprint density at radius 2 is 1.95 bits per heavy atom. The lowest BCUT2D eigenvalue weighted by atomic mass is 9.91. The van der Waals surface area contributed by atoms with Crippen LogP contribution in [0.4, 0.5) is 0 Å². The van der Waals surface area contributed by atoms with Crippen LogP contribution in [0.15, 0.2) is 35.2 Å². The number of rotatable bonds is 3. The van der Waals surface area contributed by atoms with E-state index < -0.39 is 10.0 Å². The molecule has 2 fully saturated rings. The summed E-state index contributed by atoms with van der Waals surface area (Å²) < 4.78 is 27.6. The van der Waals surface area contributed by atoms with Gasteiger partial charge >= 0.3 is 0 Å². The highest BCUT2D eigenvalue weighted by atomic mass is 32.2. The van der Waals surface area contributed by atoms with Gasteiger partial charge in [-0.3, -0.25) is 10.9 Å². The van der Waals surface area contributed by atoms with Gasteiger partial charge in [0.05, 0.1) is 4.90 Å². The fraction of sp³-hybridized carbons (Fsp3) is 0.600. The molecule has 0 spiro atoms. The summed E-state index contributed by atoms with van der Waals surface area (Å²) in [4.78, 5) is 0.399. The van der Waals surface area contributed by atoms with Crippen LogP contribution in [0, 0.1) is 5.92 Å². The lowest BCUT2D eigenvalue weighted by molar-refractivity contribution is 0.190. The zero-order chi connectivity index (χ0) is 14.9. The summed E-state index contributed by atoms with van der Waals surface area (Å²) in [5.41, 5.74) is 6.43. The summed E-state index contributed by atoms with van der Waals surface area (Å²) in [6.45, 7) is 3.67. The zero-order valence-corrected chi connectivity index (χ0v) is 13.1. The van der Waals surface area contributed by atoms with Gasteiger partial charge in [-0.1, -0.05) is 31.5 Å². The molecule has 0 amide bonds. The molecule has 2 aliphatic rings. The minimum Gasteiger partial charge on any atom is -0.257 e. The summed E-state index contributed by atoms with van der Waals surface area (Å²) in [6, 6.07) is 9.00. The van der Waals surface area contributed by atoms with Crippen molar-refractivity contribution in [3.05, 3.63) is 30.3 Å². The van der Waals surface area contributed by atoms with Gasteiger partial charge in [-0.25, -0.2) is 8.42 Å². The molecule has 3 rings (SSSR count). The first kappa shape index (κ1) is 15.0. The number of nitrogens with one attached hydrogen (secondary N) is 2. The SMILES string of the molecule is CC1CNNC1C1CCCCN1S(=O)(=O)c1ccccc1. The topological polar surface area (TPSA) is 61.4 Å². The largest absolute Gasteiger partial charge is 0.257 e. The van der Waals surface area contributed by atoms with Crippen LogP contribution in [-0.4, -0.2) is 37.9 Å². The average Bonchev–Trinajstić information content (AvgIpc) is 2.94. The Balaban J connectivity index is 1.91. The van der Waals surface area contributed by atoms with E-state index in [9.17, 15) is 8.42 Å². The second-order valence-corrected chi connectivity index (χ2v) is 7.91. The van der Waals surface area contributed by atoms with Crippen LogP contribution in [-0.2, 0) is 10.0 Å². The van der Waals surface area contributed by atoms with Crippen molar-refractivity contribution in [3.63, 3.8) is 0 Å². The van der Waals surface area contributed by atoms with E-state index in [1.54, 1.807) is 28.6 Å². The monoisotopic (exact) mass is 309 g/mol. The normalized spacial score (nSPS) is 31.4. The Morgan fingerprint density at radius 3 is 2.62 bits per heavy atom. The minimum atomic E-state index is -3.41. The molecule has 116 valence electrons. The molecule has 2 N–H and O–H groups in total. The lowest BCUT2D eigenvalue weighted by Crippen LogP contribution is -2.54. The summed E-state index contributed by atoms with van der Waals surface area (Å²) in [5.74, 6) is 0.432. The fourth-order valence-corrected chi connectivity index (χ4v) is 5.13. The van der Waals surface area contributed by atoms with E-state index in [2.05, 4.69) is 17.8 Å². The number of hydrogen-bond acceptors (Lipinski definition) is 4. The van der Waals surface area contributed by atoms with E-state index in [0.29, 0.717) is 17.4 Å². The van der Waals surface area contributed by atoms with Crippen molar-refractivity contribution < 1.29 is 8.42 Å². The van der Waals surface area contributed by atoms with Crippen LogP contribution in [0.25, 0.3) is 0 Å². The molecule has 0 aliphatic carbocycles. The van der Waals surface area contributed by atoms with Crippen LogP contribution < -0.4 is 10.9 Å². The van der Waals surface area contributed by atoms with Gasteiger partial charge in [-0.15, -0.1) is 0 Å². The van der Waals surface area contributed by atoms with Gasteiger partial charge in [0.25, 0.3) is 0 Å². The van der Waals surface area contributed by atoms with Crippen molar-refractivity contribution in [2.75, 3.05) is 13.1 Å². The number of nitrogens with zero attached hydrogens (tertiary/aromatic N) is 1. The Bertz CT molecular complexity index is 576. The van der Waals surface area contributed by atoms with Crippen molar-refractivity contribution in [3.8, 4) is 0 Å². The van der Waals surface area contributed by atoms with Crippen LogP contribution in [0.5, 0.6) is 0 Å². The number of sulfonamides is 1. The molecule has 2 aliphatic heterocycles. The van der Waals surface area contributed by atoms with Crippen LogP contribution in [0.1, 0.15) is 26.2 Å². The highest BCUT2D eigenvalue weighted by molar-refractivity contribution is 7.89. The Hall–Kier alpha value is -0.950. The minimum absolute atomic E-state index is 0.0361. The third kappa shape index (κ3) is 2.85. The molecule has 0 radical (unpaired) electrons. The van der Waals surface area contributed by atoms with Gasteiger partial charge in [-0.05, 0) is 30.9 Å². The maximum Gasteiger partial charge on any atom is 0.243 e. The summed E-state index contributed by atoms with van der Waals surface area (Å²) in [5, 5.41) is 0. The highest BCUT2D eigenvalue weighted by Crippen LogP contribution is 2.29. The predicted molar refractivity (Wildman–Crippen MR) is 82.1 cm³/mol. The van der Waals surface area contributed by atoms with E-state index in [4.69, 9.17) is 0 Å². The van der Waals surface area contributed by atoms with Crippen LogP contribution in [0.2, 0.25) is 0 Å². The van der Waals surface area contributed by atoms with E-state index >= 15 is 0 Å². The third-order valence-corrected chi connectivity index (χ3v) is 6.51. The van der Waals surface area contributed by atoms with Crippen LogP contribution >= 0.6 is 0 Å². The molecule has 6 heteroatoms. The van der Waals surface area contributed by atoms with Crippen molar-refractivity contribution in [1.82, 2.24) is 15.2 Å². The van der Waals surface area contributed by atoms with Gasteiger partial charge in [-0.2, -0.15) is 4.31 Å². The first-order valence-corrected chi connectivity index (χ1v) is 9.10. The Kier molecular flexibility index (Phi) is 4.31. The summed E-state index contributed by atoms with van der Waals surface area (Å²) >= 11 is 0. The molecular formula is C15H23N3O2S. The molecule has 3 unspecified atom stereocenters. The van der Waals surface area contributed by atoms with E-state index in [0.717, 1.165) is 25.8 Å². The van der Waals surface area contributed by atoms with E-state index in [1.807, 2.05) is 6.07 Å². The third-order valence-electron chi connectivity index (χ3n) is 4.57. The number of hydrazine groups is 1. The highest BCUT2D eigenvalue weighted by Gasteiger charge is 2.41. The zero-order valence-electron chi connectivity index (χ0n) is 12.3. The van der Waals surface area contributed by atoms with Crippen molar-refractivity contribution in [2.24, 2.45) is 5.92 Å². The van der Waals surface area contributed by atoms with E-state index in [-0.39, 0.29) is 12.1 Å². The first-order valence-electron chi connectivity index (χ1n) is 7.66. The first-order chi connectivity index (χ1) is 10.1. The molecule has 1 aromatic rings. The van der Waals surface area contributed by atoms with Crippen molar-refractivity contribution >= 4 is 10.0 Å². The van der Waals surface area contributed by atoms with E-state index in [1.165, 1.54) is 0 Å². The molecule has 2 saturated heterocycles. The number of benzene rings is 1. The molecule has 3 atom stereocenters. The second-order valence-electron chi connectivity index (χ2n) is 6.02. The molecule has 0 saturated carbocycles. The maximum absolute atomic E-state index is 12.9. The molecule has 0 bridgehead atoms. The molecule has 1 aromatic carbocycles. The molecule has 2 heterocycles. The van der Waals surface area contributed by atoms with Crippen LogP contribution in [0.3, 0.4) is 0 Å². The quantitative estimate of drug-likeness (QED) is 0.884. The Morgan fingerprint density at radius 1 is 1.19 bits per heavy atom. The average molecular weight is 309 g/mol. The molecule has 0 aromatic heterocycles. The summed E-state index contributed by atoms with van der Waals surface area (Å²) in [6.07, 6.45) is 2.96. The van der Waals surface area contributed by atoms with Crippen molar-refractivity contribution in [1.29, 1.82) is 0 Å². The fourth-order valence-electron chi connectivity index (χ4n) is 3.40. The van der Waals surface area contributed by atoms with Gasteiger partial charge in [0.1, 0.15) is 0 Å². The number of hydrogen-bond donors (Lipinski definition) is 2. The standard InChI is InChI=1S/C15H23N3O2S/c1-12-11-16-17-15(12)14-9-5-6-10-18(14)21(19,20)13-7-3-2-4-8-13/h2-4,7-8,12,14-17H,5-6,9-11H2,1H3. The molecule has 5 nitrogen and oxygen atoms in total. The Labute approximate surface area is 126 Å².